The molecule has 0 radical (unpaired) electrons. The van der Waals surface area contributed by atoms with Gasteiger partial charge in [-0.3, -0.25) is 9.59 Å². The van der Waals surface area contributed by atoms with Crippen LogP contribution in [0.2, 0.25) is 0 Å². The van der Waals surface area contributed by atoms with Crippen LogP contribution in [0.5, 0.6) is 0 Å². The van der Waals surface area contributed by atoms with Crippen LogP contribution in [-0.4, -0.2) is 99.6 Å². The predicted octanol–water partition coefficient (Wildman–Crippen LogP) is 16.5. The summed E-state index contributed by atoms with van der Waals surface area (Å²) >= 11 is 0. The lowest BCUT2D eigenvalue weighted by atomic mass is 9.99. The van der Waals surface area contributed by atoms with E-state index in [9.17, 15) is 35.1 Å². The number of carbonyl (C=O) groups excluding carboxylic acids is 2. The van der Waals surface area contributed by atoms with Crippen molar-refractivity contribution in [3.63, 3.8) is 0 Å². The Morgan fingerprint density at radius 1 is 0.494 bits per heavy atom. The molecule has 8 atom stereocenters. The summed E-state index contributed by atoms with van der Waals surface area (Å²) in [6.45, 7) is 5.67. The van der Waals surface area contributed by atoms with Crippen LogP contribution in [0, 0.1) is 0 Å². The number of hydrogen-bond donors (Lipinski definition) is 6. The van der Waals surface area contributed by atoms with Gasteiger partial charge in [-0.15, -0.1) is 0 Å². The van der Waals surface area contributed by atoms with Crippen LogP contribution < -0.4 is 5.32 Å². The van der Waals surface area contributed by atoms with Crippen LogP contribution in [0.25, 0.3) is 0 Å². The Labute approximate surface area is 495 Å². The minimum absolute atomic E-state index is 0.00360. The number of unbranched alkanes of at least 4 members (excludes halogenated alkanes) is 30. The van der Waals surface area contributed by atoms with E-state index >= 15 is 0 Å². The van der Waals surface area contributed by atoms with Crippen molar-refractivity contribution in [2.45, 2.75) is 333 Å². The maximum Gasteiger partial charge on any atom is 0.306 e. The van der Waals surface area contributed by atoms with Gasteiger partial charge in [0, 0.05) is 6.42 Å². The second-order valence-electron chi connectivity index (χ2n) is 22.8. The van der Waals surface area contributed by atoms with Crippen molar-refractivity contribution < 1.29 is 49.3 Å². The van der Waals surface area contributed by atoms with Crippen molar-refractivity contribution in [2.75, 3.05) is 13.2 Å². The monoisotopic (exact) mass is 1140 g/mol. The van der Waals surface area contributed by atoms with Crippen molar-refractivity contribution >= 4 is 11.9 Å². The average Bonchev–Trinajstić information content (AvgIpc) is 3.47. The second-order valence-corrected chi connectivity index (χ2v) is 22.8. The summed E-state index contributed by atoms with van der Waals surface area (Å²) in [6.07, 6.45) is 64.9. The molecule has 0 aromatic carbocycles. The van der Waals surface area contributed by atoms with Gasteiger partial charge in [-0.2, -0.15) is 0 Å². The number of allylic oxidation sites excluding steroid dienone is 13. The summed E-state index contributed by atoms with van der Waals surface area (Å²) in [7, 11) is 0. The largest absolute Gasteiger partial charge is 0.454 e. The molecule has 11 heteroatoms. The van der Waals surface area contributed by atoms with E-state index < -0.39 is 67.4 Å². The van der Waals surface area contributed by atoms with Crippen molar-refractivity contribution in [3.05, 3.63) is 85.1 Å². The Balaban J connectivity index is 2.69. The van der Waals surface area contributed by atoms with E-state index in [2.05, 4.69) is 86.8 Å². The molecule has 1 saturated heterocycles. The zero-order valence-corrected chi connectivity index (χ0v) is 51.9. The number of hydrogen-bond acceptors (Lipinski definition) is 10. The van der Waals surface area contributed by atoms with Crippen LogP contribution in [0.1, 0.15) is 284 Å². The number of carbonyl (C=O) groups is 2. The van der Waals surface area contributed by atoms with Gasteiger partial charge in [0.05, 0.1) is 25.4 Å². The SMILES string of the molecule is CC/C=C\C/C=C\C/C=C\C/C=C\C/C=C\C/C=C\CCC(=O)OC1C(OCC(NC(=O)C(O)CCCCCCCCCCCCCCCCCCCCCC)C(O)/C=C/CCCCCCCCCCCCC)OC(CO)C(O)C1O. The van der Waals surface area contributed by atoms with Gasteiger partial charge in [0.25, 0.3) is 0 Å². The van der Waals surface area contributed by atoms with Crippen LogP contribution in [0.4, 0.5) is 0 Å². The molecule has 1 aliphatic heterocycles. The summed E-state index contributed by atoms with van der Waals surface area (Å²) in [5.74, 6) is -1.28. The van der Waals surface area contributed by atoms with Crippen LogP contribution in [-0.2, 0) is 23.8 Å². The number of amides is 1. The van der Waals surface area contributed by atoms with E-state index in [0.29, 0.717) is 19.3 Å². The Hall–Kier alpha value is -3.16. The number of aliphatic hydroxyl groups excluding tert-OH is 5. The third-order valence-corrected chi connectivity index (χ3v) is 15.3. The quantitative estimate of drug-likeness (QED) is 0.0195. The minimum Gasteiger partial charge on any atom is -0.454 e. The number of aliphatic hydroxyl groups is 5. The van der Waals surface area contributed by atoms with E-state index in [4.69, 9.17) is 14.2 Å². The first-order valence-corrected chi connectivity index (χ1v) is 33.4. The fraction of sp³-hybridized carbons (Fsp3) is 0.771. The third kappa shape index (κ3) is 45.0. The molecule has 1 amide bonds. The lowest BCUT2D eigenvalue weighted by Gasteiger charge is -2.41. The molecule has 1 rings (SSSR count). The van der Waals surface area contributed by atoms with Gasteiger partial charge in [0.1, 0.15) is 24.4 Å². The standard InChI is InChI=1S/C70H123NO10/c1-4-7-10-13-16-19-22-25-27-29-31-33-34-36-39-42-45-48-51-54-57-63(74)69(78)71-61(62(73)56-53-50-47-44-41-38-24-21-18-15-12-9-6-3)60-79-70-68(67(77)66(76)64(59-72)80-70)81-65(75)58-55-52-49-46-43-40-37-35-32-30-28-26-23-20-17-14-11-8-5-2/h8,11,17,20,26,28,32,35,40,43,49,52-53,56,61-64,66-68,70,72-74,76-77H,4-7,9-10,12-16,18-19,21-25,27,29-31,33-34,36-39,41-42,44-48,50-51,54-55,57-60H2,1-3H3,(H,71,78)/b11-8-,20-17-,28-26-,35-32-,43-40-,52-49-,56-53+. The summed E-state index contributed by atoms with van der Waals surface area (Å²) in [4.78, 5) is 26.6. The van der Waals surface area contributed by atoms with Crippen molar-refractivity contribution in [1.29, 1.82) is 0 Å². The first-order valence-electron chi connectivity index (χ1n) is 33.4. The zero-order chi connectivity index (χ0) is 58.9. The predicted molar refractivity (Wildman–Crippen MR) is 338 cm³/mol. The van der Waals surface area contributed by atoms with E-state index in [0.717, 1.165) is 70.6 Å². The van der Waals surface area contributed by atoms with Crippen LogP contribution in [0.15, 0.2) is 85.1 Å². The Bertz CT molecular complexity index is 1640. The molecule has 1 heterocycles. The summed E-state index contributed by atoms with van der Waals surface area (Å²) in [5.41, 5.74) is 0. The van der Waals surface area contributed by atoms with Crippen LogP contribution >= 0.6 is 0 Å². The lowest BCUT2D eigenvalue weighted by Crippen LogP contribution is -2.61. The summed E-state index contributed by atoms with van der Waals surface area (Å²) < 4.78 is 17.6. The molecule has 1 fully saturated rings. The number of rotatable bonds is 56. The molecule has 0 spiro atoms. The van der Waals surface area contributed by atoms with E-state index in [1.165, 1.54) is 161 Å². The first kappa shape index (κ1) is 75.9. The molecule has 1 aliphatic rings. The fourth-order valence-corrected chi connectivity index (χ4v) is 10.1. The number of nitrogens with one attached hydrogen (secondary N) is 1. The topological polar surface area (TPSA) is 175 Å². The summed E-state index contributed by atoms with van der Waals surface area (Å²) in [6, 6.07) is -1.04. The molecule has 8 unspecified atom stereocenters. The second kappa shape index (κ2) is 57.3. The maximum absolute atomic E-state index is 13.5. The number of esters is 1. The van der Waals surface area contributed by atoms with Gasteiger partial charge in [0.2, 0.25) is 5.91 Å². The highest BCUT2D eigenvalue weighted by Crippen LogP contribution is 2.26. The molecule has 81 heavy (non-hydrogen) atoms. The van der Waals surface area contributed by atoms with Crippen molar-refractivity contribution in [2.24, 2.45) is 0 Å². The lowest BCUT2D eigenvalue weighted by molar-refractivity contribution is -0.305. The minimum atomic E-state index is -1.65. The van der Waals surface area contributed by atoms with E-state index in [1.54, 1.807) is 6.08 Å². The van der Waals surface area contributed by atoms with Gasteiger partial charge >= 0.3 is 5.97 Å². The fourth-order valence-electron chi connectivity index (χ4n) is 10.1. The van der Waals surface area contributed by atoms with Gasteiger partial charge in [0.15, 0.2) is 12.4 Å². The Morgan fingerprint density at radius 3 is 1.31 bits per heavy atom. The van der Waals surface area contributed by atoms with Gasteiger partial charge < -0.3 is 45.1 Å². The molecule has 0 aromatic rings. The van der Waals surface area contributed by atoms with E-state index in [1.807, 2.05) is 18.2 Å². The van der Waals surface area contributed by atoms with Crippen molar-refractivity contribution in [3.8, 4) is 0 Å². The smallest absolute Gasteiger partial charge is 0.306 e. The first-order chi connectivity index (χ1) is 39.7. The Morgan fingerprint density at radius 2 is 0.889 bits per heavy atom. The van der Waals surface area contributed by atoms with E-state index in [-0.39, 0.29) is 19.4 Å². The highest BCUT2D eigenvalue weighted by atomic mass is 16.7. The molecule has 6 N–H and O–H groups in total. The maximum atomic E-state index is 13.5. The average molecular weight is 1140 g/mol. The van der Waals surface area contributed by atoms with Crippen LogP contribution in [0.3, 0.4) is 0 Å². The third-order valence-electron chi connectivity index (χ3n) is 15.3. The normalized spacial score (nSPS) is 19.2. The van der Waals surface area contributed by atoms with Gasteiger partial charge in [-0.25, -0.2) is 0 Å². The van der Waals surface area contributed by atoms with Gasteiger partial charge in [-0.1, -0.05) is 298 Å². The number of ether oxygens (including phenoxy) is 3. The molecule has 0 aromatic heterocycles. The molecule has 11 nitrogen and oxygen atoms in total. The molecule has 0 aliphatic carbocycles. The highest BCUT2D eigenvalue weighted by Gasteiger charge is 2.47. The molecule has 0 saturated carbocycles. The molecule has 0 bridgehead atoms. The highest BCUT2D eigenvalue weighted by molar-refractivity contribution is 5.80. The summed E-state index contributed by atoms with van der Waals surface area (Å²) in [5, 5.41) is 57.1. The molecule has 468 valence electrons. The molecular weight excluding hydrogens is 1010 g/mol. The zero-order valence-electron chi connectivity index (χ0n) is 51.9. The van der Waals surface area contributed by atoms with Crippen molar-refractivity contribution in [1.82, 2.24) is 5.32 Å². The Kier molecular flexibility index (Phi) is 53.6. The van der Waals surface area contributed by atoms with Gasteiger partial charge in [-0.05, 0) is 64.2 Å². The molecular formula is C70H123NO10.